The van der Waals surface area contributed by atoms with Gasteiger partial charge in [-0.25, -0.2) is 0 Å². The van der Waals surface area contributed by atoms with E-state index in [1.807, 2.05) is 0 Å². The van der Waals surface area contributed by atoms with Crippen LogP contribution in [0.4, 0.5) is 0 Å². The average Bonchev–Trinajstić information content (AvgIpc) is 2.25. The Morgan fingerprint density at radius 3 is 2.38 bits per heavy atom. The standard InChI is InChI=1S/C13H26N2O/c1-3-12(2)4-5-14-6-8-15(9-7-14)13-10-16-11-13/h12-13H,3-11H2,1-2H3. The summed E-state index contributed by atoms with van der Waals surface area (Å²) in [6.07, 6.45) is 2.68. The molecule has 2 aliphatic heterocycles. The molecule has 2 rings (SSSR count). The van der Waals surface area contributed by atoms with Crippen molar-refractivity contribution in [1.29, 1.82) is 0 Å². The Hall–Kier alpha value is -0.120. The molecule has 2 aliphatic rings. The monoisotopic (exact) mass is 226 g/mol. The average molecular weight is 226 g/mol. The second kappa shape index (κ2) is 5.99. The molecule has 1 unspecified atom stereocenters. The minimum Gasteiger partial charge on any atom is -0.378 e. The molecule has 3 nitrogen and oxygen atoms in total. The lowest BCUT2D eigenvalue weighted by atomic mass is 10.0. The van der Waals surface area contributed by atoms with Crippen LogP contribution in [0.1, 0.15) is 26.7 Å². The molecule has 2 heterocycles. The largest absolute Gasteiger partial charge is 0.378 e. The topological polar surface area (TPSA) is 15.7 Å². The molecule has 0 aliphatic carbocycles. The normalized spacial score (nSPS) is 26.6. The van der Waals surface area contributed by atoms with Gasteiger partial charge < -0.3 is 9.64 Å². The SMILES string of the molecule is CCC(C)CCN1CCN(C2COC2)CC1. The van der Waals surface area contributed by atoms with Crippen LogP contribution in [-0.4, -0.2) is 61.8 Å². The maximum atomic E-state index is 5.25. The number of hydrogen-bond acceptors (Lipinski definition) is 3. The van der Waals surface area contributed by atoms with Gasteiger partial charge in [-0.2, -0.15) is 0 Å². The van der Waals surface area contributed by atoms with E-state index in [-0.39, 0.29) is 0 Å². The summed E-state index contributed by atoms with van der Waals surface area (Å²) in [7, 11) is 0. The van der Waals surface area contributed by atoms with Gasteiger partial charge in [0, 0.05) is 26.2 Å². The first-order valence-corrected chi connectivity index (χ1v) is 6.83. The summed E-state index contributed by atoms with van der Waals surface area (Å²) in [6.45, 7) is 12.9. The molecule has 0 aromatic heterocycles. The van der Waals surface area contributed by atoms with Crippen molar-refractivity contribution in [3.63, 3.8) is 0 Å². The van der Waals surface area contributed by atoms with E-state index < -0.39 is 0 Å². The van der Waals surface area contributed by atoms with Crippen LogP contribution in [0.3, 0.4) is 0 Å². The van der Waals surface area contributed by atoms with Crippen LogP contribution < -0.4 is 0 Å². The third-order valence-electron chi connectivity index (χ3n) is 4.18. The van der Waals surface area contributed by atoms with Crippen LogP contribution in [-0.2, 0) is 4.74 Å². The van der Waals surface area contributed by atoms with E-state index in [1.165, 1.54) is 45.6 Å². The highest BCUT2D eigenvalue weighted by atomic mass is 16.5. The van der Waals surface area contributed by atoms with Gasteiger partial charge in [0.1, 0.15) is 0 Å². The Labute approximate surface area is 99.7 Å². The molecule has 2 fully saturated rings. The predicted octanol–water partition coefficient (Wildman–Crippen LogP) is 1.44. The fraction of sp³-hybridized carbons (Fsp3) is 1.00. The molecule has 3 heteroatoms. The van der Waals surface area contributed by atoms with E-state index in [2.05, 4.69) is 23.6 Å². The molecular weight excluding hydrogens is 200 g/mol. The Kier molecular flexibility index (Phi) is 4.62. The lowest BCUT2D eigenvalue weighted by Gasteiger charge is -2.42. The molecule has 0 spiro atoms. The number of hydrogen-bond donors (Lipinski definition) is 0. The third kappa shape index (κ3) is 3.19. The van der Waals surface area contributed by atoms with Crippen LogP contribution in [0.15, 0.2) is 0 Å². The van der Waals surface area contributed by atoms with Crippen LogP contribution in [0.2, 0.25) is 0 Å². The summed E-state index contributed by atoms with van der Waals surface area (Å²) in [6, 6.07) is 0.733. The second-order valence-corrected chi connectivity index (χ2v) is 5.37. The van der Waals surface area contributed by atoms with E-state index in [9.17, 15) is 0 Å². The molecular formula is C13H26N2O. The number of nitrogens with zero attached hydrogens (tertiary/aromatic N) is 2. The highest BCUT2D eigenvalue weighted by Gasteiger charge is 2.28. The Balaban J connectivity index is 1.61. The smallest absolute Gasteiger partial charge is 0.0645 e. The lowest BCUT2D eigenvalue weighted by Crippen LogP contribution is -2.56. The minimum absolute atomic E-state index is 0.733. The van der Waals surface area contributed by atoms with Crippen molar-refractivity contribution >= 4 is 0 Å². The molecule has 0 bridgehead atoms. The van der Waals surface area contributed by atoms with Gasteiger partial charge in [0.05, 0.1) is 19.3 Å². The molecule has 0 N–H and O–H groups in total. The number of piperazine rings is 1. The lowest BCUT2D eigenvalue weighted by molar-refractivity contribution is -0.0770. The van der Waals surface area contributed by atoms with E-state index in [4.69, 9.17) is 4.74 Å². The van der Waals surface area contributed by atoms with Crippen molar-refractivity contribution in [2.75, 3.05) is 45.9 Å². The first-order chi connectivity index (χ1) is 7.79. The van der Waals surface area contributed by atoms with Crippen LogP contribution in [0.5, 0.6) is 0 Å². The third-order valence-corrected chi connectivity index (χ3v) is 4.18. The highest BCUT2D eigenvalue weighted by molar-refractivity contribution is 4.82. The zero-order valence-corrected chi connectivity index (χ0v) is 10.8. The zero-order chi connectivity index (χ0) is 11.4. The van der Waals surface area contributed by atoms with E-state index in [0.29, 0.717) is 0 Å². The van der Waals surface area contributed by atoms with E-state index in [0.717, 1.165) is 25.2 Å². The van der Waals surface area contributed by atoms with Crippen LogP contribution >= 0.6 is 0 Å². The van der Waals surface area contributed by atoms with Gasteiger partial charge in [0.15, 0.2) is 0 Å². The van der Waals surface area contributed by atoms with Crippen molar-refractivity contribution in [3.8, 4) is 0 Å². The molecule has 0 aromatic carbocycles. The van der Waals surface area contributed by atoms with E-state index in [1.54, 1.807) is 0 Å². The maximum Gasteiger partial charge on any atom is 0.0645 e. The van der Waals surface area contributed by atoms with E-state index >= 15 is 0 Å². The van der Waals surface area contributed by atoms with Crippen LogP contribution in [0, 0.1) is 5.92 Å². The number of ether oxygens (including phenoxy) is 1. The summed E-state index contributed by atoms with van der Waals surface area (Å²) in [5.74, 6) is 0.887. The molecule has 0 aromatic rings. The zero-order valence-electron chi connectivity index (χ0n) is 10.8. The molecule has 0 saturated carbocycles. The number of rotatable bonds is 5. The minimum atomic E-state index is 0.733. The molecule has 0 radical (unpaired) electrons. The van der Waals surface area contributed by atoms with Crippen LogP contribution in [0.25, 0.3) is 0 Å². The summed E-state index contributed by atoms with van der Waals surface area (Å²) in [5.41, 5.74) is 0. The van der Waals surface area contributed by atoms with Crippen molar-refractivity contribution in [1.82, 2.24) is 9.80 Å². The van der Waals surface area contributed by atoms with Gasteiger partial charge in [0.2, 0.25) is 0 Å². The van der Waals surface area contributed by atoms with Gasteiger partial charge >= 0.3 is 0 Å². The van der Waals surface area contributed by atoms with Crippen molar-refractivity contribution in [2.24, 2.45) is 5.92 Å². The fourth-order valence-corrected chi connectivity index (χ4v) is 2.39. The van der Waals surface area contributed by atoms with Crippen molar-refractivity contribution in [2.45, 2.75) is 32.7 Å². The first kappa shape index (κ1) is 12.3. The summed E-state index contributed by atoms with van der Waals surface area (Å²) < 4.78 is 5.25. The van der Waals surface area contributed by atoms with Gasteiger partial charge in [-0.05, 0) is 18.9 Å². The summed E-state index contributed by atoms with van der Waals surface area (Å²) in [4.78, 5) is 5.23. The van der Waals surface area contributed by atoms with Gasteiger partial charge in [-0.3, -0.25) is 4.90 Å². The maximum absolute atomic E-state index is 5.25. The Morgan fingerprint density at radius 1 is 1.19 bits per heavy atom. The van der Waals surface area contributed by atoms with Crippen molar-refractivity contribution in [3.05, 3.63) is 0 Å². The second-order valence-electron chi connectivity index (χ2n) is 5.37. The van der Waals surface area contributed by atoms with Gasteiger partial charge in [-0.1, -0.05) is 20.3 Å². The summed E-state index contributed by atoms with van der Waals surface area (Å²) in [5, 5.41) is 0. The fourth-order valence-electron chi connectivity index (χ4n) is 2.39. The quantitative estimate of drug-likeness (QED) is 0.705. The molecule has 2 saturated heterocycles. The first-order valence-electron chi connectivity index (χ1n) is 6.83. The predicted molar refractivity (Wildman–Crippen MR) is 66.7 cm³/mol. The van der Waals surface area contributed by atoms with Gasteiger partial charge in [0.25, 0.3) is 0 Å². The molecule has 0 amide bonds. The van der Waals surface area contributed by atoms with Gasteiger partial charge in [-0.15, -0.1) is 0 Å². The highest BCUT2D eigenvalue weighted by Crippen LogP contribution is 2.14. The Morgan fingerprint density at radius 2 is 1.88 bits per heavy atom. The van der Waals surface area contributed by atoms with Crippen molar-refractivity contribution < 1.29 is 4.74 Å². The molecule has 16 heavy (non-hydrogen) atoms. The summed E-state index contributed by atoms with van der Waals surface area (Å²) >= 11 is 0. The molecule has 1 atom stereocenters. The molecule has 94 valence electrons. The Bertz CT molecular complexity index is 198.